The number of rotatable bonds is 2. The first-order chi connectivity index (χ1) is 7.24. The van der Waals surface area contributed by atoms with E-state index in [9.17, 15) is 4.79 Å². The van der Waals surface area contributed by atoms with Crippen molar-refractivity contribution in [3.05, 3.63) is 27.5 Å². The second-order valence-electron chi connectivity index (χ2n) is 2.86. The van der Waals surface area contributed by atoms with Crippen molar-refractivity contribution in [2.75, 3.05) is 6.61 Å². The number of H-pyrrole nitrogens is 1. The van der Waals surface area contributed by atoms with Gasteiger partial charge in [-0.1, -0.05) is 0 Å². The first-order valence-electron chi connectivity index (χ1n) is 4.28. The summed E-state index contributed by atoms with van der Waals surface area (Å²) in [6.07, 6.45) is 2.91. The number of nitrogens with zero attached hydrogens (tertiary/aromatic N) is 3. The number of aromatic amines is 1. The summed E-state index contributed by atoms with van der Waals surface area (Å²) in [6.45, 7) is 0.00381. The highest BCUT2D eigenvalue weighted by atomic mass is 32.1. The van der Waals surface area contributed by atoms with Crippen molar-refractivity contribution in [1.82, 2.24) is 19.5 Å². The maximum absolute atomic E-state index is 11.8. The van der Waals surface area contributed by atoms with Crippen LogP contribution in [0.15, 0.2) is 17.2 Å². The summed E-state index contributed by atoms with van der Waals surface area (Å²) in [4.78, 5) is 22.4. The quantitative estimate of drug-likeness (QED) is 0.692. The van der Waals surface area contributed by atoms with Crippen LogP contribution in [0.5, 0.6) is 0 Å². The molecular formula is C8H8N4O2S. The van der Waals surface area contributed by atoms with Crippen LogP contribution in [-0.4, -0.2) is 31.2 Å². The smallest absolute Gasteiger partial charge is 0.282 e. The van der Waals surface area contributed by atoms with E-state index in [1.54, 1.807) is 0 Å². The molecule has 15 heavy (non-hydrogen) atoms. The number of hydrogen-bond acceptors (Lipinski definition) is 5. The Labute approximate surface area is 89.2 Å². The fourth-order valence-corrected chi connectivity index (χ4v) is 1.55. The molecule has 2 aromatic rings. The Balaban J connectivity index is 2.85. The lowest BCUT2D eigenvalue weighted by atomic mass is 10.5. The van der Waals surface area contributed by atoms with E-state index in [-0.39, 0.29) is 29.0 Å². The van der Waals surface area contributed by atoms with Gasteiger partial charge in [0.25, 0.3) is 5.56 Å². The molecule has 0 radical (unpaired) electrons. The molecule has 0 amide bonds. The van der Waals surface area contributed by atoms with Crippen LogP contribution in [0.2, 0.25) is 0 Å². The Morgan fingerprint density at radius 1 is 1.47 bits per heavy atom. The zero-order valence-electron chi connectivity index (χ0n) is 7.67. The Bertz CT molecular complexity index is 603. The highest BCUT2D eigenvalue weighted by Crippen LogP contribution is 1.98. The molecule has 2 N–H and O–H groups in total. The highest BCUT2D eigenvalue weighted by molar-refractivity contribution is 7.71. The van der Waals surface area contributed by atoms with Gasteiger partial charge in [0, 0.05) is 12.4 Å². The van der Waals surface area contributed by atoms with Gasteiger partial charge in [0.1, 0.15) is 0 Å². The molecule has 78 valence electrons. The number of aromatic nitrogens is 4. The first-order valence-corrected chi connectivity index (χ1v) is 4.69. The second kappa shape index (κ2) is 3.87. The SMILES string of the molecule is O=c1c2nccnc2[nH]c(=S)n1CCO. The molecule has 0 saturated carbocycles. The van der Waals surface area contributed by atoms with Crippen molar-refractivity contribution in [2.24, 2.45) is 0 Å². The maximum Gasteiger partial charge on any atom is 0.282 e. The summed E-state index contributed by atoms with van der Waals surface area (Å²) in [5.41, 5.74) is 0.247. The third kappa shape index (κ3) is 1.66. The molecule has 7 heteroatoms. The lowest BCUT2D eigenvalue weighted by Crippen LogP contribution is -2.24. The van der Waals surface area contributed by atoms with Crippen LogP contribution in [0.3, 0.4) is 0 Å². The fourth-order valence-electron chi connectivity index (χ4n) is 1.28. The third-order valence-electron chi connectivity index (χ3n) is 1.94. The molecule has 0 bridgehead atoms. The second-order valence-corrected chi connectivity index (χ2v) is 3.25. The molecule has 0 spiro atoms. The van der Waals surface area contributed by atoms with E-state index < -0.39 is 0 Å². The van der Waals surface area contributed by atoms with Gasteiger partial charge in [0.2, 0.25) is 0 Å². The minimum absolute atomic E-state index is 0.150. The van der Waals surface area contributed by atoms with E-state index in [1.165, 1.54) is 17.0 Å². The molecule has 0 unspecified atom stereocenters. The fraction of sp³-hybridized carbons (Fsp3) is 0.250. The Kier molecular flexibility index (Phi) is 2.57. The molecule has 0 atom stereocenters. The lowest BCUT2D eigenvalue weighted by Gasteiger charge is -2.04. The average molecular weight is 224 g/mol. The van der Waals surface area contributed by atoms with Crippen LogP contribution in [0, 0.1) is 4.77 Å². The van der Waals surface area contributed by atoms with E-state index in [1.807, 2.05) is 0 Å². The van der Waals surface area contributed by atoms with E-state index in [0.29, 0.717) is 5.65 Å². The number of fused-ring (bicyclic) bond motifs is 1. The normalized spacial score (nSPS) is 10.7. The van der Waals surface area contributed by atoms with Gasteiger partial charge < -0.3 is 10.1 Å². The first kappa shape index (κ1) is 9.94. The van der Waals surface area contributed by atoms with Gasteiger partial charge in [0.05, 0.1) is 13.2 Å². The van der Waals surface area contributed by atoms with Crippen molar-refractivity contribution in [3.8, 4) is 0 Å². The molecule has 6 nitrogen and oxygen atoms in total. The Morgan fingerprint density at radius 3 is 2.93 bits per heavy atom. The van der Waals surface area contributed by atoms with Crippen LogP contribution in [0.1, 0.15) is 0 Å². The minimum atomic E-state index is -0.337. The number of aliphatic hydroxyl groups is 1. The summed E-state index contributed by atoms with van der Waals surface area (Å²) in [7, 11) is 0. The molecule has 2 rings (SSSR count). The van der Waals surface area contributed by atoms with Crippen LogP contribution in [0.4, 0.5) is 0 Å². The van der Waals surface area contributed by atoms with Gasteiger partial charge in [-0.2, -0.15) is 0 Å². The largest absolute Gasteiger partial charge is 0.395 e. The molecular weight excluding hydrogens is 216 g/mol. The highest BCUT2D eigenvalue weighted by Gasteiger charge is 2.05. The summed E-state index contributed by atoms with van der Waals surface area (Å²) in [6, 6.07) is 0. The third-order valence-corrected chi connectivity index (χ3v) is 2.26. The van der Waals surface area contributed by atoms with Crippen molar-refractivity contribution < 1.29 is 5.11 Å². The van der Waals surface area contributed by atoms with Gasteiger partial charge in [0.15, 0.2) is 15.9 Å². The van der Waals surface area contributed by atoms with Crippen LogP contribution in [0.25, 0.3) is 11.2 Å². The molecule has 2 aromatic heterocycles. The number of aliphatic hydroxyl groups excluding tert-OH is 1. The lowest BCUT2D eigenvalue weighted by molar-refractivity contribution is 0.273. The van der Waals surface area contributed by atoms with Gasteiger partial charge in [-0.05, 0) is 12.2 Å². The van der Waals surface area contributed by atoms with Gasteiger partial charge >= 0.3 is 0 Å². The maximum atomic E-state index is 11.8. The van der Waals surface area contributed by atoms with Crippen LogP contribution in [-0.2, 0) is 6.54 Å². The van der Waals surface area contributed by atoms with Gasteiger partial charge in [-0.3, -0.25) is 9.36 Å². The van der Waals surface area contributed by atoms with Crippen LogP contribution >= 0.6 is 12.2 Å². The number of nitrogens with one attached hydrogen (secondary N) is 1. The zero-order valence-corrected chi connectivity index (χ0v) is 8.49. The predicted molar refractivity (Wildman–Crippen MR) is 56.1 cm³/mol. The summed E-state index contributed by atoms with van der Waals surface area (Å²) in [5.74, 6) is 0. The summed E-state index contributed by atoms with van der Waals surface area (Å²) < 4.78 is 1.49. The van der Waals surface area contributed by atoms with E-state index >= 15 is 0 Å². The molecule has 0 fully saturated rings. The topological polar surface area (TPSA) is 83.8 Å². The summed E-state index contributed by atoms with van der Waals surface area (Å²) in [5, 5.41) is 8.78. The van der Waals surface area contributed by atoms with Crippen molar-refractivity contribution >= 4 is 23.4 Å². The molecule has 0 saturated heterocycles. The molecule has 0 aromatic carbocycles. The van der Waals surface area contributed by atoms with Crippen molar-refractivity contribution in [2.45, 2.75) is 6.54 Å². The van der Waals surface area contributed by atoms with E-state index in [0.717, 1.165) is 0 Å². The van der Waals surface area contributed by atoms with Gasteiger partial charge in [-0.15, -0.1) is 0 Å². The average Bonchev–Trinajstić information content (AvgIpc) is 2.24. The molecule has 0 aliphatic rings. The Hall–Kier alpha value is -1.60. The molecule has 0 aliphatic carbocycles. The summed E-state index contributed by atoms with van der Waals surface area (Å²) >= 11 is 4.96. The molecule has 2 heterocycles. The van der Waals surface area contributed by atoms with Crippen molar-refractivity contribution in [3.63, 3.8) is 0 Å². The van der Waals surface area contributed by atoms with E-state index in [4.69, 9.17) is 17.3 Å². The van der Waals surface area contributed by atoms with Gasteiger partial charge in [-0.25, -0.2) is 9.97 Å². The van der Waals surface area contributed by atoms with Crippen LogP contribution < -0.4 is 5.56 Å². The number of hydrogen-bond donors (Lipinski definition) is 2. The monoisotopic (exact) mass is 224 g/mol. The standard InChI is InChI=1S/C8H8N4O2S/c13-4-3-12-7(14)5-6(11-8(12)15)10-2-1-9-5/h1-2,13H,3-4H2,(H,10,11,15). The van der Waals surface area contributed by atoms with Crippen molar-refractivity contribution in [1.29, 1.82) is 0 Å². The Morgan fingerprint density at radius 2 is 2.20 bits per heavy atom. The zero-order chi connectivity index (χ0) is 10.8. The molecule has 0 aliphatic heterocycles. The predicted octanol–water partition coefficient (Wildman–Crippen LogP) is -0.159. The van der Waals surface area contributed by atoms with E-state index in [2.05, 4.69) is 15.0 Å². The minimum Gasteiger partial charge on any atom is -0.395 e.